The van der Waals surface area contributed by atoms with Gasteiger partial charge in [-0.25, -0.2) is 4.79 Å². The zero-order valence-electron chi connectivity index (χ0n) is 13.3. The number of amides is 1. The predicted octanol–water partition coefficient (Wildman–Crippen LogP) is 1.86. The van der Waals surface area contributed by atoms with Crippen molar-refractivity contribution in [2.45, 2.75) is 76.0 Å². The van der Waals surface area contributed by atoms with Crippen molar-refractivity contribution in [3.05, 3.63) is 0 Å². The largest absolute Gasteiger partial charge is 0.480 e. The number of nitrogens with one attached hydrogen (secondary N) is 1. The molecule has 1 amide bonds. The van der Waals surface area contributed by atoms with Gasteiger partial charge in [-0.2, -0.15) is 0 Å². The third-order valence-electron chi connectivity index (χ3n) is 4.69. The molecule has 0 aromatic heterocycles. The van der Waals surface area contributed by atoms with E-state index in [2.05, 4.69) is 5.32 Å². The van der Waals surface area contributed by atoms with Gasteiger partial charge in [-0.1, -0.05) is 25.7 Å². The quantitative estimate of drug-likeness (QED) is 0.757. The fourth-order valence-electron chi connectivity index (χ4n) is 3.18. The van der Waals surface area contributed by atoms with Crippen LogP contribution >= 0.6 is 0 Å². The zero-order chi connectivity index (χ0) is 16.0. The topological polar surface area (TPSA) is 84.9 Å². The van der Waals surface area contributed by atoms with Crippen molar-refractivity contribution < 1.29 is 24.2 Å². The minimum Gasteiger partial charge on any atom is -0.480 e. The van der Waals surface area contributed by atoms with Crippen LogP contribution in [0.2, 0.25) is 0 Å². The van der Waals surface area contributed by atoms with Crippen molar-refractivity contribution in [3.63, 3.8) is 0 Å². The first-order valence-corrected chi connectivity index (χ1v) is 8.32. The molecule has 1 saturated heterocycles. The van der Waals surface area contributed by atoms with Crippen LogP contribution in [0.5, 0.6) is 0 Å². The fraction of sp³-hybridized carbons (Fsp3) is 0.875. The molecule has 2 aliphatic rings. The molecule has 0 aromatic rings. The highest BCUT2D eigenvalue weighted by atomic mass is 16.5. The van der Waals surface area contributed by atoms with Crippen LogP contribution < -0.4 is 5.32 Å². The van der Waals surface area contributed by atoms with Crippen molar-refractivity contribution in [2.24, 2.45) is 0 Å². The highest BCUT2D eigenvalue weighted by molar-refractivity contribution is 5.89. The van der Waals surface area contributed by atoms with E-state index in [4.69, 9.17) is 9.47 Å². The second-order valence-corrected chi connectivity index (χ2v) is 6.38. The first-order valence-electron chi connectivity index (χ1n) is 8.32. The number of carboxylic acids is 1. The molecule has 22 heavy (non-hydrogen) atoms. The number of aliphatic carboxylic acids is 1. The normalized spacial score (nSPS) is 24.2. The van der Waals surface area contributed by atoms with Crippen molar-refractivity contribution in [3.8, 4) is 0 Å². The van der Waals surface area contributed by atoms with Crippen molar-refractivity contribution in [1.29, 1.82) is 0 Å². The molecule has 0 bridgehead atoms. The molecule has 2 fully saturated rings. The second kappa shape index (κ2) is 7.92. The summed E-state index contributed by atoms with van der Waals surface area (Å²) in [5, 5.41) is 12.2. The molecule has 1 aliphatic carbocycles. The fourth-order valence-corrected chi connectivity index (χ4v) is 3.18. The SMILES string of the molecule is CC(OC1CCCCCC1)C(=O)NC1(C(=O)O)CCOCC1. The number of hydrogen-bond acceptors (Lipinski definition) is 4. The van der Waals surface area contributed by atoms with Crippen LogP contribution in [0.3, 0.4) is 0 Å². The van der Waals surface area contributed by atoms with Crippen molar-refractivity contribution >= 4 is 11.9 Å². The lowest BCUT2D eigenvalue weighted by Gasteiger charge is -2.35. The molecule has 2 rings (SSSR count). The molecule has 1 aliphatic heterocycles. The van der Waals surface area contributed by atoms with E-state index in [9.17, 15) is 14.7 Å². The lowest BCUT2D eigenvalue weighted by atomic mass is 9.90. The van der Waals surface area contributed by atoms with Gasteiger partial charge < -0.3 is 19.9 Å². The van der Waals surface area contributed by atoms with Gasteiger partial charge in [0, 0.05) is 26.1 Å². The van der Waals surface area contributed by atoms with Crippen LogP contribution in [-0.4, -0.2) is 47.9 Å². The summed E-state index contributed by atoms with van der Waals surface area (Å²) in [5.41, 5.74) is -1.21. The number of rotatable bonds is 5. The molecule has 0 aromatic carbocycles. The van der Waals surface area contributed by atoms with Gasteiger partial charge in [0.25, 0.3) is 0 Å². The van der Waals surface area contributed by atoms with Crippen molar-refractivity contribution in [1.82, 2.24) is 5.32 Å². The highest BCUT2D eigenvalue weighted by Gasteiger charge is 2.42. The third-order valence-corrected chi connectivity index (χ3v) is 4.69. The Kier molecular flexibility index (Phi) is 6.20. The monoisotopic (exact) mass is 313 g/mol. The standard InChI is InChI=1S/C16H27NO5/c1-12(22-13-6-4-2-3-5-7-13)14(18)17-16(15(19)20)8-10-21-11-9-16/h12-13H,2-11H2,1H3,(H,17,18)(H,19,20). The van der Waals surface area contributed by atoms with E-state index in [1.807, 2.05) is 0 Å². The maximum Gasteiger partial charge on any atom is 0.329 e. The number of carbonyl (C=O) groups is 2. The summed E-state index contributed by atoms with van der Waals surface area (Å²) in [4.78, 5) is 23.9. The lowest BCUT2D eigenvalue weighted by Crippen LogP contribution is -2.59. The summed E-state index contributed by atoms with van der Waals surface area (Å²) in [5.74, 6) is -1.33. The van der Waals surface area contributed by atoms with E-state index in [-0.39, 0.29) is 12.0 Å². The van der Waals surface area contributed by atoms with Crippen LogP contribution in [0, 0.1) is 0 Å². The maximum absolute atomic E-state index is 12.3. The van der Waals surface area contributed by atoms with Gasteiger partial charge in [0.05, 0.1) is 6.10 Å². The summed E-state index contributed by atoms with van der Waals surface area (Å²) in [6, 6.07) is 0. The first-order chi connectivity index (χ1) is 10.5. The molecule has 6 heteroatoms. The molecule has 6 nitrogen and oxygen atoms in total. The molecule has 1 heterocycles. The van der Waals surface area contributed by atoms with Crippen LogP contribution in [-0.2, 0) is 19.1 Å². The van der Waals surface area contributed by atoms with Crippen LogP contribution in [0.15, 0.2) is 0 Å². The van der Waals surface area contributed by atoms with E-state index in [0.29, 0.717) is 26.1 Å². The third kappa shape index (κ3) is 4.43. The van der Waals surface area contributed by atoms with Gasteiger partial charge >= 0.3 is 5.97 Å². The summed E-state index contributed by atoms with van der Waals surface area (Å²) >= 11 is 0. The number of carboxylic acid groups (broad SMARTS) is 1. The molecular formula is C16H27NO5. The predicted molar refractivity (Wildman–Crippen MR) is 80.6 cm³/mol. The van der Waals surface area contributed by atoms with Crippen LogP contribution in [0.25, 0.3) is 0 Å². The summed E-state index contributed by atoms with van der Waals surface area (Å²) in [6.07, 6.45) is 6.76. The van der Waals surface area contributed by atoms with E-state index in [0.717, 1.165) is 25.7 Å². The minimum atomic E-state index is -1.21. The minimum absolute atomic E-state index is 0.110. The number of carbonyl (C=O) groups excluding carboxylic acids is 1. The van der Waals surface area contributed by atoms with Gasteiger partial charge in [0.15, 0.2) is 0 Å². The highest BCUT2D eigenvalue weighted by Crippen LogP contribution is 2.23. The Morgan fingerprint density at radius 3 is 2.32 bits per heavy atom. The van der Waals surface area contributed by atoms with E-state index < -0.39 is 17.6 Å². The molecule has 0 spiro atoms. The average Bonchev–Trinajstić information content (AvgIpc) is 2.76. The molecule has 1 saturated carbocycles. The second-order valence-electron chi connectivity index (χ2n) is 6.38. The Morgan fingerprint density at radius 1 is 1.18 bits per heavy atom. The molecule has 2 N–H and O–H groups in total. The zero-order valence-corrected chi connectivity index (χ0v) is 13.3. The van der Waals surface area contributed by atoms with E-state index in [1.165, 1.54) is 12.8 Å². The van der Waals surface area contributed by atoms with Gasteiger partial charge in [0.2, 0.25) is 5.91 Å². The molecule has 1 unspecified atom stereocenters. The molecule has 1 atom stereocenters. The average molecular weight is 313 g/mol. The Labute approximate surface area is 131 Å². The number of hydrogen-bond donors (Lipinski definition) is 2. The molecular weight excluding hydrogens is 286 g/mol. The Hall–Kier alpha value is -1.14. The van der Waals surface area contributed by atoms with Crippen LogP contribution in [0.1, 0.15) is 58.3 Å². The van der Waals surface area contributed by atoms with Gasteiger partial charge in [-0.3, -0.25) is 4.79 Å². The maximum atomic E-state index is 12.3. The summed E-state index contributed by atoms with van der Waals surface area (Å²) in [6.45, 7) is 2.41. The van der Waals surface area contributed by atoms with Gasteiger partial charge in [0.1, 0.15) is 11.6 Å². The Bertz CT molecular complexity index is 384. The first kappa shape index (κ1) is 17.2. The van der Waals surface area contributed by atoms with Crippen LogP contribution in [0.4, 0.5) is 0 Å². The molecule has 126 valence electrons. The van der Waals surface area contributed by atoms with Gasteiger partial charge in [-0.05, 0) is 19.8 Å². The number of ether oxygens (including phenoxy) is 2. The summed E-state index contributed by atoms with van der Waals surface area (Å²) < 4.78 is 11.1. The Balaban J connectivity index is 1.90. The smallest absolute Gasteiger partial charge is 0.329 e. The molecule has 0 radical (unpaired) electrons. The summed E-state index contributed by atoms with van der Waals surface area (Å²) in [7, 11) is 0. The van der Waals surface area contributed by atoms with Crippen molar-refractivity contribution in [2.75, 3.05) is 13.2 Å². The Morgan fingerprint density at radius 2 is 1.77 bits per heavy atom. The van der Waals surface area contributed by atoms with E-state index in [1.54, 1.807) is 6.92 Å². The van der Waals surface area contributed by atoms with E-state index >= 15 is 0 Å². The lowest BCUT2D eigenvalue weighted by molar-refractivity contribution is -0.155. The van der Waals surface area contributed by atoms with Gasteiger partial charge in [-0.15, -0.1) is 0 Å².